The number of nitrogens with zero attached hydrogens (tertiary/aromatic N) is 3. The summed E-state index contributed by atoms with van der Waals surface area (Å²) in [6.07, 6.45) is 0. The van der Waals surface area contributed by atoms with Crippen LogP contribution in [0, 0.1) is 0 Å². The third-order valence-electron chi connectivity index (χ3n) is 5.09. The molecule has 1 aliphatic heterocycles. The Balaban J connectivity index is 1.50. The average Bonchev–Trinajstić information content (AvgIpc) is 3.13. The molecule has 0 saturated carbocycles. The van der Waals surface area contributed by atoms with Crippen molar-refractivity contribution >= 4 is 28.3 Å². The summed E-state index contributed by atoms with van der Waals surface area (Å²) in [5, 5.41) is 0.716. The first-order valence-corrected chi connectivity index (χ1v) is 9.92. The number of halogens is 1. The van der Waals surface area contributed by atoms with Gasteiger partial charge in [-0.2, -0.15) is 0 Å². The number of fused-ring (bicyclic) bond motifs is 1. The Hall–Kier alpha value is -2.08. The van der Waals surface area contributed by atoms with Gasteiger partial charge in [0.1, 0.15) is 5.82 Å². The number of imidazole rings is 1. The van der Waals surface area contributed by atoms with Gasteiger partial charge in [0.25, 0.3) is 0 Å². The number of piperazine rings is 1. The highest BCUT2D eigenvalue weighted by molar-refractivity contribution is 6.33. The predicted molar refractivity (Wildman–Crippen MR) is 112 cm³/mol. The minimum Gasteiger partial charge on any atom is -0.380 e. The highest BCUT2D eigenvalue weighted by Crippen LogP contribution is 2.31. The van der Waals surface area contributed by atoms with Gasteiger partial charge in [-0.15, -0.1) is 0 Å². The number of aromatic nitrogens is 2. The van der Waals surface area contributed by atoms with E-state index >= 15 is 0 Å². The normalized spacial score (nSPS) is 15.6. The largest absolute Gasteiger partial charge is 0.380 e. The second kappa shape index (κ2) is 8.30. The Morgan fingerprint density at radius 1 is 1.11 bits per heavy atom. The lowest BCUT2D eigenvalue weighted by Crippen LogP contribution is -2.47. The van der Waals surface area contributed by atoms with Crippen molar-refractivity contribution in [2.75, 3.05) is 50.8 Å². The summed E-state index contributed by atoms with van der Waals surface area (Å²) in [6.45, 7) is 8.76. The molecule has 2 aromatic carbocycles. The molecule has 1 aromatic heterocycles. The lowest BCUT2D eigenvalue weighted by Gasteiger charge is -2.36. The Kier molecular flexibility index (Phi) is 5.62. The molecular formula is C21H25ClN4O. The van der Waals surface area contributed by atoms with E-state index in [0.29, 0.717) is 5.02 Å². The quantitative estimate of drug-likeness (QED) is 0.651. The molecule has 1 saturated heterocycles. The SMILES string of the molecule is CCOCCN1CCN(c2ccc(Cl)c(-c3nc4ccccc4[nH]3)c2)CC1. The number of para-hydroxylation sites is 2. The fourth-order valence-corrected chi connectivity index (χ4v) is 3.75. The number of aromatic amines is 1. The van der Waals surface area contributed by atoms with Crippen LogP contribution in [-0.4, -0.2) is 60.8 Å². The van der Waals surface area contributed by atoms with E-state index in [4.69, 9.17) is 21.3 Å². The number of H-pyrrole nitrogens is 1. The zero-order chi connectivity index (χ0) is 18.6. The van der Waals surface area contributed by atoms with Crippen LogP contribution in [-0.2, 0) is 4.74 Å². The van der Waals surface area contributed by atoms with E-state index in [0.717, 1.165) is 68.4 Å². The second-order valence-electron chi connectivity index (χ2n) is 6.79. The summed E-state index contributed by atoms with van der Waals surface area (Å²) in [4.78, 5) is 13.0. The van der Waals surface area contributed by atoms with Crippen LogP contribution < -0.4 is 4.90 Å². The average molecular weight is 385 g/mol. The van der Waals surface area contributed by atoms with Crippen molar-refractivity contribution in [2.45, 2.75) is 6.92 Å². The molecule has 0 aliphatic carbocycles. The van der Waals surface area contributed by atoms with Crippen molar-refractivity contribution in [1.29, 1.82) is 0 Å². The molecular weight excluding hydrogens is 360 g/mol. The first-order valence-electron chi connectivity index (χ1n) is 9.54. The van der Waals surface area contributed by atoms with Crippen LogP contribution in [0.15, 0.2) is 42.5 Å². The van der Waals surface area contributed by atoms with E-state index in [2.05, 4.69) is 26.9 Å². The summed E-state index contributed by atoms with van der Waals surface area (Å²) >= 11 is 6.49. The van der Waals surface area contributed by atoms with Crippen molar-refractivity contribution < 1.29 is 4.74 Å². The van der Waals surface area contributed by atoms with Gasteiger partial charge >= 0.3 is 0 Å². The summed E-state index contributed by atoms with van der Waals surface area (Å²) in [7, 11) is 0. The van der Waals surface area contributed by atoms with Gasteiger partial charge in [-0.3, -0.25) is 4.90 Å². The Labute approximate surface area is 164 Å². The molecule has 1 aliphatic rings. The van der Waals surface area contributed by atoms with Crippen molar-refractivity contribution in [1.82, 2.24) is 14.9 Å². The Morgan fingerprint density at radius 3 is 2.70 bits per heavy atom. The van der Waals surface area contributed by atoms with E-state index in [1.807, 2.05) is 37.3 Å². The lowest BCUT2D eigenvalue weighted by atomic mass is 10.1. The van der Waals surface area contributed by atoms with Gasteiger partial charge in [0.2, 0.25) is 0 Å². The molecule has 6 heteroatoms. The van der Waals surface area contributed by atoms with Gasteiger partial charge in [-0.25, -0.2) is 4.98 Å². The standard InChI is InChI=1S/C21H25ClN4O/c1-2-27-14-13-25-9-11-26(12-10-25)16-7-8-18(22)17(15-16)21-23-19-5-3-4-6-20(19)24-21/h3-8,15H,2,9-14H2,1H3,(H,23,24). The van der Waals surface area contributed by atoms with E-state index < -0.39 is 0 Å². The summed E-state index contributed by atoms with van der Waals surface area (Å²) in [6, 6.07) is 14.3. The molecule has 2 heterocycles. The van der Waals surface area contributed by atoms with Crippen molar-refractivity contribution in [3.05, 3.63) is 47.5 Å². The number of anilines is 1. The van der Waals surface area contributed by atoms with Gasteiger partial charge in [-0.1, -0.05) is 23.7 Å². The minimum atomic E-state index is 0.716. The number of rotatable bonds is 6. The van der Waals surface area contributed by atoms with E-state index in [1.165, 1.54) is 5.69 Å². The number of nitrogens with one attached hydrogen (secondary N) is 1. The van der Waals surface area contributed by atoms with Gasteiger partial charge in [-0.05, 0) is 37.3 Å². The minimum absolute atomic E-state index is 0.716. The fraction of sp³-hybridized carbons (Fsp3) is 0.381. The maximum absolute atomic E-state index is 6.49. The fourth-order valence-electron chi connectivity index (χ4n) is 3.54. The monoisotopic (exact) mass is 384 g/mol. The van der Waals surface area contributed by atoms with Crippen LogP contribution in [0.4, 0.5) is 5.69 Å². The molecule has 27 heavy (non-hydrogen) atoms. The Bertz CT molecular complexity index is 869. The molecule has 4 rings (SSSR count). The zero-order valence-electron chi connectivity index (χ0n) is 15.6. The number of ether oxygens (including phenoxy) is 1. The third-order valence-corrected chi connectivity index (χ3v) is 5.42. The zero-order valence-corrected chi connectivity index (χ0v) is 16.4. The van der Waals surface area contributed by atoms with Crippen molar-refractivity contribution in [3.63, 3.8) is 0 Å². The molecule has 142 valence electrons. The molecule has 1 fully saturated rings. The second-order valence-corrected chi connectivity index (χ2v) is 7.20. The van der Waals surface area contributed by atoms with Gasteiger partial charge in [0.05, 0.1) is 22.7 Å². The molecule has 1 N–H and O–H groups in total. The van der Waals surface area contributed by atoms with Crippen LogP contribution in [0.1, 0.15) is 6.92 Å². The van der Waals surface area contributed by atoms with E-state index in [9.17, 15) is 0 Å². The predicted octanol–water partition coefficient (Wildman–Crippen LogP) is 4.04. The van der Waals surface area contributed by atoms with Crippen molar-refractivity contribution in [2.24, 2.45) is 0 Å². The first-order chi connectivity index (χ1) is 13.2. The third kappa shape index (κ3) is 4.10. The molecule has 0 spiro atoms. The van der Waals surface area contributed by atoms with E-state index in [1.54, 1.807) is 0 Å². The molecule has 0 radical (unpaired) electrons. The molecule has 0 unspecified atom stereocenters. The molecule has 0 bridgehead atoms. The van der Waals surface area contributed by atoms with Crippen LogP contribution in [0.3, 0.4) is 0 Å². The van der Waals surface area contributed by atoms with Crippen LogP contribution in [0.5, 0.6) is 0 Å². The lowest BCUT2D eigenvalue weighted by molar-refractivity contribution is 0.111. The number of benzene rings is 2. The number of hydrogen-bond donors (Lipinski definition) is 1. The molecule has 0 amide bonds. The van der Waals surface area contributed by atoms with E-state index in [-0.39, 0.29) is 0 Å². The van der Waals surface area contributed by atoms with Gasteiger partial charge in [0.15, 0.2) is 0 Å². The molecule has 3 aromatic rings. The first kappa shape index (κ1) is 18.3. The number of hydrogen-bond acceptors (Lipinski definition) is 4. The van der Waals surface area contributed by atoms with Gasteiger partial charge < -0.3 is 14.6 Å². The summed E-state index contributed by atoms with van der Waals surface area (Å²) in [5.41, 5.74) is 4.12. The highest BCUT2D eigenvalue weighted by Gasteiger charge is 2.18. The van der Waals surface area contributed by atoms with Crippen LogP contribution in [0.25, 0.3) is 22.4 Å². The topological polar surface area (TPSA) is 44.4 Å². The Morgan fingerprint density at radius 2 is 1.93 bits per heavy atom. The van der Waals surface area contributed by atoms with Gasteiger partial charge in [0, 0.05) is 50.6 Å². The van der Waals surface area contributed by atoms with Crippen LogP contribution >= 0.6 is 11.6 Å². The smallest absolute Gasteiger partial charge is 0.140 e. The van der Waals surface area contributed by atoms with Crippen molar-refractivity contribution in [3.8, 4) is 11.4 Å². The molecule has 5 nitrogen and oxygen atoms in total. The maximum Gasteiger partial charge on any atom is 0.140 e. The summed E-state index contributed by atoms with van der Waals surface area (Å²) in [5.74, 6) is 0.818. The summed E-state index contributed by atoms with van der Waals surface area (Å²) < 4.78 is 5.47. The van der Waals surface area contributed by atoms with Crippen LogP contribution in [0.2, 0.25) is 5.02 Å². The highest BCUT2D eigenvalue weighted by atomic mass is 35.5. The molecule has 0 atom stereocenters. The maximum atomic E-state index is 6.49.